The molecule has 4 nitrogen and oxygen atoms in total. The lowest BCUT2D eigenvalue weighted by molar-refractivity contribution is 0.301. The average Bonchev–Trinajstić information content (AvgIpc) is 2.77. The normalized spacial score (nSPS) is 10.5. The minimum Gasteiger partial charge on any atom is -0.496 e. The van der Waals surface area contributed by atoms with Crippen molar-refractivity contribution in [3.8, 4) is 11.5 Å². The summed E-state index contributed by atoms with van der Waals surface area (Å²) in [5.41, 5.74) is 4.64. The Balaban J connectivity index is 1.94. The van der Waals surface area contributed by atoms with Crippen LogP contribution < -0.4 is 14.4 Å². The SMILES string of the molecule is C=C(c1c(OC)cccc1OCc1c(Cl)cccc1CC)N(C)c1cccnc1. The van der Waals surface area contributed by atoms with Gasteiger partial charge in [-0.25, -0.2) is 0 Å². The van der Waals surface area contributed by atoms with Crippen molar-refractivity contribution in [2.45, 2.75) is 20.0 Å². The first-order chi connectivity index (χ1) is 14.1. The van der Waals surface area contributed by atoms with Gasteiger partial charge in [0, 0.05) is 29.5 Å². The number of rotatable bonds is 8. The fourth-order valence-corrected chi connectivity index (χ4v) is 3.46. The quantitative estimate of drug-likeness (QED) is 0.458. The lowest BCUT2D eigenvalue weighted by Crippen LogP contribution is -2.16. The molecular formula is C24H25ClN2O2. The minimum atomic E-state index is 0.368. The predicted molar refractivity (Wildman–Crippen MR) is 120 cm³/mol. The van der Waals surface area contributed by atoms with E-state index in [1.807, 2.05) is 54.4 Å². The van der Waals surface area contributed by atoms with Crippen molar-refractivity contribution in [3.63, 3.8) is 0 Å². The van der Waals surface area contributed by atoms with Gasteiger partial charge in [0.2, 0.25) is 0 Å². The van der Waals surface area contributed by atoms with Gasteiger partial charge in [-0.1, -0.05) is 43.3 Å². The lowest BCUT2D eigenvalue weighted by Gasteiger charge is -2.25. The second-order valence-corrected chi connectivity index (χ2v) is 6.98. The molecular weight excluding hydrogens is 384 g/mol. The number of halogens is 1. The van der Waals surface area contributed by atoms with Crippen LogP contribution in [0.1, 0.15) is 23.6 Å². The molecule has 0 unspecified atom stereocenters. The van der Waals surface area contributed by atoms with Gasteiger partial charge in [-0.2, -0.15) is 0 Å². The zero-order chi connectivity index (χ0) is 20.8. The number of pyridine rings is 1. The Labute approximate surface area is 177 Å². The molecule has 0 spiro atoms. The molecule has 1 aromatic heterocycles. The number of aromatic nitrogens is 1. The van der Waals surface area contributed by atoms with Crippen molar-refractivity contribution in [1.29, 1.82) is 0 Å². The van der Waals surface area contributed by atoms with Gasteiger partial charge < -0.3 is 14.4 Å². The van der Waals surface area contributed by atoms with Crippen LogP contribution in [0.4, 0.5) is 5.69 Å². The highest BCUT2D eigenvalue weighted by molar-refractivity contribution is 6.31. The zero-order valence-corrected chi connectivity index (χ0v) is 17.7. The molecule has 0 aliphatic heterocycles. The first-order valence-corrected chi connectivity index (χ1v) is 9.83. The van der Waals surface area contributed by atoms with Gasteiger partial charge in [-0.3, -0.25) is 4.98 Å². The monoisotopic (exact) mass is 408 g/mol. The summed E-state index contributed by atoms with van der Waals surface area (Å²) in [5, 5.41) is 0.708. The van der Waals surface area contributed by atoms with Crippen LogP contribution in [0.2, 0.25) is 5.02 Å². The Morgan fingerprint density at radius 2 is 1.86 bits per heavy atom. The Bertz CT molecular complexity index is 989. The summed E-state index contributed by atoms with van der Waals surface area (Å²) in [5.74, 6) is 1.38. The number of aryl methyl sites for hydroxylation is 1. The minimum absolute atomic E-state index is 0.368. The first-order valence-electron chi connectivity index (χ1n) is 9.45. The van der Waals surface area contributed by atoms with Gasteiger partial charge in [-0.05, 0) is 42.3 Å². The number of hydrogen-bond acceptors (Lipinski definition) is 4. The summed E-state index contributed by atoms with van der Waals surface area (Å²) in [6.07, 6.45) is 4.42. The van der Waals surface area contributed by atoms with Crippen molar-refractivity contribution in [2.24, 2.45) is 0 Å². The van der Waals surface area contributed by atoms with E-state index in [9.17, 15) is 0 Å². The third-order valence-electron chi connectivity index (χ3n) is 4.90. The molecule has 1 heterocycles. The summed E-state index contributed by atoms with van der Waals surface area (Å²) in [7, 11) is 3.59. The molecule has 2 aromatic carbocycles. The molecule has 0 N–H and O–H groups in total. The highest BCUT2D eigenvalue weighted by Crippen LogP contribution is 2.37. The molecule has 0 saturated carbocycles. The van der Waals surface area contributed by atoms with Crippen LogP contribution in [0.25, 0.3) is 5.70 Å². The number of benzene rings is 2. The van der Waals surface area contributed by atoms with Crippen molar-refractivity contribution in [1.82, 2.24) is 4.98 Å². The van der Waals surface area contributed by atoms with E-state index in [2.05, 4.69) is 24.6 Å². The molecule has 29 heavy (non-hydrogen) atoms. The number of methoxy groups -OCH3 is 1. The van der Waals surface area contributed by atoms with E-state index in [1.165, 1.54) is 5.56 Å². The second-order valence-electron chi connectivity index (χ2n) is 6.57. The Morgan fingerprint density at radius 3 is 2.55 bits per heavy atom. The summed E-state index contributed by atoms with van der Waals surface area (Å²) < 4.78 is 11.8. The van der Waals surface area contributed by atoms with Crippen molar-refractivity contribution in [3.05, 3.63) is 89.2 Å². The van der Waals surface area contributed by atoms with Crippen LogP contribution in [0.5, 0.6) is 11.5 Å². The van der Waals surface area contributed by atoms with E-state index in [-0.39, 0.29) is 0 Å². The zero-order valence-electron chi connectivity index (χ0n) is 17.0. The second kappa shape index (κ2) is 9.48. The van der Waals surface area contributed by atoms with Crippen LogP contribution in [0, 0.1) is 0 Å². The molecule has 0 aliphatic rings. The highest BCUT2D eigenvalue weighted by Gasteiger charge is 2.18. The van der Waals surface area contributed by atoms with Crippen molar-refractivity contribution in [2.75, 3.05) is 19.1 Å². The Hall–Kier alpha value is -2.98. The largest absolute Gasteiger partial charge is 0.496 e. The first kappa shape index (κ1) is 20.7. The molecule has 3 rings (SSSR count). The third-order valence-corrected chi connectivity index (χ3v) is 5.26. The van der Waals surface area contributed by atoms with E-state index in [4.69, 9.17) is 21.1 Å². The van der Waals surface area contributed by atoms with Gasteiger partial charge >= 0.3 is 0 Å². The molecule has 0 amide bonds. The van der Waals surface area contributed by atoms with Gasteiger partial charge in [-0.15, -0.1) is 0 Å². The maximum atomic E-state index is 6.43. The maximum Gasteiger partial charge on any atom is 0.132 e. The van der Waals surface area contributed by atoms with Crippen LogP contribution in [-0.2, 0) is 13.0 Å². The van der Waals surface area contributed by atoms with Crippen molar-refractivity contribution >= 4 is 23.0 Å². The molecule has 5 heteroatoms. The van der Waals surface area contributed by atoms with E-state index >= 15 is 0 Å². The Kier molecular flexibility index (Phi) is 6.78. The summed E-state index contributed by atoms with van der Waals surface area (Å²) >= 11 is 6.43. The fourth-order valence-electron chi connectivity index (χ4n) is 3.21. The number of hydrogen-bond donors (Lipinski definition) is 0. The number of anilines is 1. The smallest absolute Gasteiger partial charge is 0.132 e. The van der Waals surface area contributed by atoms with Gasteiger partial charge in [0.25, 0.3) is 0 Å². The third kappa shape index (κ3) is 4.54. The molecule has 0 atom stereocenters. The molecule has 150 valence electrons. The van der Waals surface area contributed by atoms with Crippen LogP contribution in [0.3, 0.4) is 0 Å². The summed E-state index contributed by atoms with van der Waals surface area (Å²) in [4.78, 5) is 6.15. The van der Waals surface area contributed by atoms with E-state index < -0.39 is 0 Å². The fraction of sp³-hybridized carbons (Fsp3) is 0.208. The topological polar surface area (TPSA) is 34.6 Å². The molecule has 0 aliphatic carbocycles. The van der Waals surface area contributed by atoms with E-state index in [0.717, 1.165) is 28.9 Å². The van der Waals surface area contributed by atoms with E-state index in [0.29, 0.717) is 23.1 Å². The van der Waals surface area contributed by atoms with Crippen LogP contribution >= 0.6 is 11.6 Å². The summed E-state index contributed by atoms with van der Waals surface area (Å²) in [6.45, 7) is 6.76. The molecule has 0 bridgehead atoms. The predicted octanol–water partition coefficient (Wildman–Crippen LogP) is 5.99. The van der Waals surface area contributed by atoms with Gasteiger partial charge in [0.15, 0.2) is 0 Å². The molecule has 3 aromatic rings. The van der Waals surface area contributed by atoms with E-state index in [1.54, 1.807) is 19.5 Å². The van der Waals surface area contributed by atoms with Gasteiger partial charge in [0.05, 0.1) is 24.6 Å². The number of ether oxygens (including phenoxy) is 2. The highest BCUT2D eigenvalue weighted by atomic mass is 35.5. The molecule has 0 fully saturated rings. The molecule has 0 radical (unpaired) electrons. The lowest BCUT2D eigenvalue weighted by atomic mass is 10.1. The number of nitrogens with zero attached hydrogens (tertiary/aromatic N) is 2. The molecule has 0 saturated heterocycles. The van der Waals surface area contributed by atoms with Gasteiger partial charge in [0.1, 0.15) is 18.1 Å². The van der Waals surface area contributed by atoms with Crippen LogP contribution in [-0.4, -0.2) is 19.1 Å². The van der Waals surface area contributed by atoms with Crippen LogP contribution in [0.15, 0.2) is 67.5 Å². The standard InChI is InChI=1S/C24H25ClN2O2/c1-5-18-9-6-11-21(25)20(18)16-29-23-13-7-12-22(28-4)24(23)17(2)27(3)19-10-8-14-26-15-19/h6-15H,2,5,16H2,1,3-4H3. The summed E-state index contributed by atoms with van der Waals surface area (Å²) in [6, 6.07) is 15.5. The maximum absolute atomic E-state index is 6.43. The average molecular weight is 409 g/mol. The van der Waals surface area contributed by atoms with Crippen molar-refractivity contribution < 1.29 is 9.47 Å². The Morgan fingerprint density at radius 1 is 1.10 bits per heavy atom.